The lowest BCUT2D eigenvalue weighted by Crippen LogP contribution is -3.13. The van der Waals surface area contributed by atoms with Crippen molar-refractivity contribution in [2.45, 2.75) is 32.2 Å². The first-order chi connectivity index (χ1) is 10.7. The lowest BCUT2D eigenvalue weighted by atomic mass is 10.0. The smallest absolute Gasteiger partial charge is 0.258 e. The minimum atomic E-state index is -0.0756. The van der Waals surface area contributed by atoms with Crippen LogP contribution in [0, 0.1) is 11.3 Å². The number of carbonyl (C=O) groups excluding carboxylic acids is 1. The van der Waals surface area contributed by atoms with Gasteiger partial charge in [0.25, 0.3) is 5.91 Å². The van der Waals surface area contributed by atoms with E-state index in [4.69, 9.17) is 10.00 Å². The zero-order chi connectivity index (χ0) is 15.8. The number of quaternary nitrogens is 1. The molecule has 1 saturated heterocycles. The zero-order valence-electron chi connectivity index (χ0n) is 13.1. The van der Waals surface area contributed by atoms with Crippen molar-refractivity contribution in [3.05, 3.63) is 29.8 Å². The van der Waals surface area contributed by atoms with Gasteiger partial charge in [0.05, 0.1) is 31.3 Å². The number of likely N-dealkylation sites (tertiary alicyclic amines) is 1. The van der Waals surface area contributed by atoms with Crippen LogP contribution >= 0.6 is 0 Å². The fraction of sp³-hybridized carbons (Fsp3) is 0.529. The zero-order valence-corrected chi connectivity index (χ0v) is 13.1. The molecule has 0 unspecified atom stereocenters. The standard InChI is InChI=1S/C17H23N3O2/c1-2-9-20-10-7-15(8-11-20)19-17(21)13-22-16-5-3-14(12-18)4-6-16/h3-6,15H,2,7-11,13H2,1H3,(H,19,21)/p+1. The molecule has 0 radical (unpaired) electrons. The molecule has 0 spiro atoms. The van der Waals surface area contributed by atoms with E-state index in [9.17, 15) is 4.79 Å². The number of nitriles is 1. The van der Waals surface area contributed by atoms with E-state index in [-0.39, 0.29) is 18.6 Å². The molecule has 0 aromatic heterocycles. The van der Waals surface area contributed by atoms with Gasteiger partial charge in [0.1, 0.15) is 5.75 Å². The van der Waals surface area contributed by atoms with Gasteiger partial charge in [0, 0.05) is 18.9 Å². The third-order valence-electron chi connectivity index (χ3n) is 4.01. The SMILES string of the molecule is CCC[NH+]1CCC(NC(=O)COc2ccc(C#N)cc2)CC1. The van der Waals surface area contributed by atoms with Crippen LogP contribution in [0.5, 0.6) is 5.75 Å². The van der Waals surface area contributed by atoms with Crippen LogP contribution < -0.4 is 15.0 Å². The number of hydrogen-bond donors (Lipinski definition) is 2. The molecule has 2 N–H and O–H groups in total. The van der Waals surface area contributed by atoms with Gasteiger partial charge in [-0.05, 0) is 30.7 Å². The van der Waals surface area contributed by atoms with E-state index >= 15 is 0 Å². The maximum Gasteiger partial charge on any atom is 0.258 e. The second-order valence-corrected chi connectivity index (χ2v) is 5.77. The normalized spacial score (nSPS) is 20.9. The predicted molar refractivity (Wildman–Crippen MR) is 83.7 cm³/mol. The van der Waals surface area contributed by atoms with Gasteiger partial charge in [-0.15, -0.1) is 0 Å². The second kappa shape index (κ2) is 8.40. The van der Waals surface area contributed by atoms with Crippen LogP contribution in [0.1, 0.15) is 31.7 Å². The van der Waals surface area contributed by atoms with E-state index in [1.54, 1.807) is 29.2 Å². The number of hydrogen-bond acceptors (Lipinski definition) is 3. The summed E-state index contributed by atoms with van der Waals surface area (Å²) in [5.74, 6) is 0.532. The van der Waals surface area contributed by atoms with Crippen molar-refractivity contribution in [1.29, 1.82) is 5.26 Å². The molecule has 0 bridgehead atoms. The second-order valence-electron chi connectivity index (χ2n) is 5.77. The molecular formula is C17H24N3O2+. The van der Waals surface area contributed by atoms with Crippen molar-refractivity contribution < 1.29 is 14.4 Å². The molecule has 1 heterocycles. The van der Waals surface area contributed by atoms with Crippen LogP contribution in [0.2, 0.25) is 0 Å². The fourth-order valence-electron chi connectivity index (χ4n) is 2.82. The van der Waals surface area contributed by atoms with Crippen LogP contribution in [0.15, 0.2) is 24.3 Å². The van der Waals surface area contributed by atoms with E-state index in [0.717, 1.165) is 25.9 Å². The molecule has 0 atom stereocenters. The highest BCUT2D eigenvalue weighted by Gasteiger charge is 2.22. The Hall–Kier alpha value is -2.06. The van der Waals surface area contributed by atoms with Crippen LogP contribution in [0.3, 0.4) is 0 Å². The number of amides is 1. The maximum absolute atomic E-state index is 11.9. The van der Waals surface area contributed by atoms with Crippen LogP contribution in [-0.4, -0.2) is 38.2 Å². The summed E-state index contributed by atoms with van der Waals surface area (Å²) < 4.78 is 5.44. The largest absolute Gasteiger partial charge is 0.484 e. The Morgan fingerprint density at radius 2 is 2.05 bits per heavy atom. The molecule has 0 aliphatic carbocycles. The molecule has 1 aliphatic heterocycles. The van der Waals surface area contributed by atoms with Gasteiger partial charge in [-0.2, -0.15) is 5.26 Å². The molecule has 5 nitrogen and oxygen atoms in total. The average molecular weight is 302 g/mol. The predicted octanol–water partition coefficient (Wildman–Crippen LogP) is 0.511. The lowest BCUT2D eigenvalue weighted by molar-refractivity contribution is -0.905. The van der Waals surface area contributed by atoms with E-state index in [0.29, 0.717) is 11.3 Å². The van der Waals surface area contributed by atoms with Crippen LogP contribution in [0.25, 0.3) is 0 Å². The van der Waals surface area contributed by atoms with E-state index < -0.39 is 0 Å². The van der Waals surface area contributed by atoms with Crippen molar-refractivity contribution in [1.82, 2.24) is 5.32 Å². The number of piperidine rings is 1. The van der Waals surface area contributed by atoms with Gasteiger partial charge in [-0.1, -0.05) is 6.92 Å². The van der Waals surface area contributed by atoms with Gasteiger partial charge in [0.2, 0.25) is 0 Å². The number of benzene rings is 1. The van der Waals surface area contributed by atoms with Crippen molar-refractivity contribution in [3.8, 4) is 11.8 Å². The molecule has 1 aromatic carbocycles. The van der Waals surface area contributed by atoms with Crippen molar-refractivity contribution >= 4 is 5.91 Å². The molecule has 5 heteroatoms. The number of nitrogens with zero attached hydrogens (tertiary/aromatic N) is 1. The topological polar surface area (TPSA) is 66.6 Å². The highest BCUT2D eigenvalue weighted by Crippen LogP contribution is 2.11. The van der Waals surface area contributed by atoms with Gasteiger partial charge >= 0.3 is 0 Å². The minimum Gasteiger partial charge on any atom is -0.484 e. The fourth-order valence-corrected chi connectivity index (χ4v) is 2.82. The number of ether oxygens (including phenoxy) is 1. The Morgan fingerprint density at radius 3 is 2.64 bits per heavy atom. The number of rotatable bonds is 6. The molecule has 0 saturated carbocycles. The van der Waals surface area contributed by atoms with Crippen molar-refractivity contribution in [2.75, 3.05) is 26.2 Å². The third kappa shape index (κ3) is 5.05. The highest BCUT2D eigenvalue weighted by atomic mass is 16.5. The van der Waals surface area contributed by atoms with Crippen LogP contribution in [0.4, 0.5) is 0 Å². The summed E-state index contributed by atoms with van der Waals surface area (Å²) in [7, 11) is 0. The Balaban J connectivity index is 1.69. The van der Waals surface area contributed by atoms with Gasteiger partial charge in [0.15, 0.2) is 6.61 Å². The van der Waals surface area contributed by atoms with E-state index in [1.807, 2.05) is 6.07 Å². The van der Waals surface area contributed by atoms with Crippen LogP contribution in [-0.2, 0) is 4.79 Å². The summed E-state index contributed by atoms with van der Waals surface area (Å²) in [6.45, 7) is 5.72. The molecule has 118 valence electrons. The number of carbonyl (C=O) groups is 1. The molecule has 2 rings (SSSR count). The lowest BCUT2D eigenvalue weighted by Gasteiger charge is -2.29. The summed E-state index contributed by atoms with van der Waals surface area (Å²) in [6, 6.07) is 9.10. The molecule has 1 aromatic rings. The molecule has 22 heavy (non-hydrogen) atoms. The molecular weight excluding hydrogens is 278 g/mol. The summed E-state index contributed by atoms with van der Waals surface area (Å²) in [5.41, 5.74) is 0.582. The van der Waals surface area contributed by atoms with E-state index in [1.165, 1.54) is 13.0 Å². The maximum atomic E-state index is 11.9. The first-order valence-corrected chi connectivity index (χ1v) is 7.97. The first-order valence-electron chi connectivity index (χ1n) is 7.97. The Morgan fingerprint density at radius 1 is 1.36 bits per heavy atom. The van der Waals surface area contributed by atoms with Gasteiger partial charge < -0.3 is 15.0 Å². The highest BCUT2D eigenvalue weighted by molar-refractivity contribution is 5.77. The van der Waals surface area contributed by atoms with Gasteiger partial charge in [-0.25, -0.2) is 0 Å². The molecule has 1 amide bonds. The van der Waals surface area contributed by atoms with E-state index in [2.05, 4.69) is 12.2 Å². The summed E-state index contributed by atoms with van der Waals surface area (Å²) in [6.07, 6.45) is 3.29. The summed E-state index contributed by atoms with van der Waals surface area (Å²) >= 11 is 0. The molecule has 1 aliphatic rings. The van der Waals surface area contributed by atoms with Crippen molar-refractivity contribution in [3.63, 3.8) is 0 Å². The quantitative estimate of drug-likeness (QED) is 0.805. The Bertz CT molecular complexity index is 514. The van der Waals surface area contributed by atoms with Gasteiger partial charge in [-0.3, -0.25) is 4.79 Å². The number of nitrogens with one attached hydrogen (secondary N) is 2. The Kier molecular flexibility index (Phi) is 6.23. The average Bonchev–Trinajstić information content (AvgIpc) is 2.55. The van der Waals surface area contributed by atoms with Crippen molar-refractivity contribution in [2.24, 2.45) is 0 Å². The monoisotopic (exact) mass is 302 g/mol. The summed E-state index contributed by atoms with van der Waals surface area (Å²) in [5, 5.41) is 11.8. The summed E-state index contributed by atoms with van der Waals surface area (Å²) in [4.78, 5) is 13.6. The molecule has 1 fully saturated rings. The minimum absolute atomic E-state index is 0.0218. The first kappa shape index (κ1) is 16.3. The third-order valence-corrected chi connectivity index (χ3v) is 4.01. The Labute approximate surface area is 131 Å².